The van der Waals surface area contributed by atoms with Crippen LogP contribution >= 0.6 is 0 Å². The molecule has 3 N–H and O–H groups in total. The first-order valence-electron chi connectivity index (χ1n) is 8.01. The maximum atomic E-state index is 11.9. The van der Waals surface area contributed by atoms with Gasteiger partial charge in [0.2, 0.25) is 0 Å². The van der Waals surface area contributed by atoms with E-state index in [0.717, 1.165) is 22.3 Å². The van der Waals surface area contributed by atoms with Crippen LogP contribution in [0.25, 0.3) is 11.1 Å². The maximum absolute atomic E-state index is 11.9. The van der Waals surface area contributed by atoms with Crippen molar-refractivity contribution in [1.82, 2.24) is 5.32 Å². The standard InChI is InChI=1S/C19H19NO5/c1-11(18(22)23)17(21)20-19(24)25-10-16-14-8-4-2-6-12(14)13-7-3-5-9-15(13)16/h2-9,11,16-17,21H,10H2,1H3,(H,20,24)(H,22,23)/t11-,17+/m0/s1. The topological polar surface area (TPSA) is 95.9 Å². The van der Waals surface area contributed by atoms with E-state index in [1.165, 1.54) is 6.92 Å². The summed E-state index contributed by atoms with van der Waals surface area (Å²) < 4.78 is 5.24. The van der Waals surface area contributed by atoms with Crippen LogP contribution in [0.3, 0.4) is 0 Å². The van der Waals surface area contributed by atoms with Crippen molar-refractivity contribution in [3.05, 3.63) is 59.7 Å². The normalized spacial score (nSPS) is 15.0. The molecular weight excluding hydrogens is 322 g/mol. The van der Waals surface area contributed by atoms with Gasteiger partial charge in [-0.15, -0.1) is 0 Å². The Morgan fingerprint density at radius 1 is 1.08 bits per heavy atom. The number of rotatable bonds is 5. The van der Waals surface area contributed by atoms with Crippen LogP contribution in [0, 0.1) is 5.92 Å². The largest absolute Gasteiger partial charge is 0.481 e. The van der Waals surface area contributed by atoms with Crippen molar-refractivity contribution < 1.29 is 24.5 Å². The zero-order valence-electron chi connectivity index (χ0n) is 13.7. The zero-order valence-corrected chi connectivity index (χ0v) is 13.7. The summed E-state index contributed by atoms with van der Waals surface area (Å²) in [6, 6.07) is 15.9. The molecule has 1 aliphatic rings. The van der Waals surface area contributed by atoms with E-state index >= 15 is 0 Å². The molecule has 3 rings (SSSR count). The van der Waals surface area contributed by atoms with Gasteiger partial charge in [-0.05, 0) is 29.2 Å². The van der Waals surface area contributed by atoms with Crippen LogP contribution in [-0.4, -0.2) is 35.1 Å². The fraction of sp³-hybridized carbons (Fsp3) is 0.263. The van der Waals surface area contributed by atoms with Crippen LogP contribution in [0.5, 0.6) is 0 Å². The van der Waals surface area contributed by atoms with Crippen molar-refractivity contribution in [1.29, 1.82) is 0 Å². The van der Waals surface area contributed by atoms with E-state index in [4.69, 9.17) is 9.84 Å². The third-order valence-electron chi connectivity index (χ3n) is 4.47. The number of aliphatic hydroxyl groups excluding tert-OH is 1. The molecule has 0 aliphatic heterocycles. The van der Waals surface area contributed by atoms with E-state index < -0.39 is 24.2 Å². The highest BCUT2D eigenvalue weighted by molar-refractivity contribution is 5.79. The Hall–Kier alpha value is -2.86. The molecule has 0 spiro atoms. The van der Waals surface area contributed by atoms with Crippen LogP contribution in [0.2, 0.25) is 0 Å². The summed E-state index contributed by atoms with van der Waals surface area (Å²) in [7, 11) is 0. The van der Waals surface area contributed by atoms with Gasteiger partial charge in [-0.2, -0.15) is 0 Å². The number of fused-ring (bicyclic) bond motifs is 3. The highest BCUT2D eigenvalue weighted by atomic mass is 16.6. The third-order valence-corrected chi connectivity index (χ3v) is 4.47. The summed E-state index contributed by atoms with van der Waals surface area (Å²) in [5.41, 5.74) is 4.39. The van der Waals surface area contributed by atoms with E-state index in [-0.39, 0.29) is 12.5 Å². The van der Waals surface area contributed by atoms with Crippen LogP contribution in [-0.2, 0) is 9.53 Å². The molecule has 0 heterocycles. The number of carbonyl (C=O) groups is 2. The number of carboxylic acids is 1. The summed E-state index contributed by atoms with van der Waals surface area (Å²) in [6.07, 6.45) is -2.35. The molecule has 0 radical (unpaired) electrons. The van der Waals surface area contributed by atoms with Crippen LogP contribution in [0.1, 0.15) is 24.0 Å². The molecule has 6 nitrogen and oxygen atoms in total. The molecule has 2 aromatic rings. The number of aliphatic hydroxyl groups is 1. The Bertz CT molecular complexity index is 758. The molecule has 0 fully saturated rings. The first kappa shape index (κ1) is 17.0. The number of aliphatic carboxylic acids is 1. The number of alkyl carbamates (subject to hydrolysis) is 1. The lowest BCUT2D eigenvalue weighted by molar-refractivity contribution is -0.145. The molecule has 1 amide bonds. The minimum atomic E-state index is -1.51. The van der Waals surface area contributed by atoms with Crippen molar-refractivity contribution in [2.75, 3.05) is 6.61 Å². The Morgan fingerprint density at radius 2 is 1.60 bits per heavy atom. The summed E-state index contributed by atoms with van der Waals surface area (Å²) in [5, 5.41) is 20.7. The van der Waals surface area contributed by atoms with Gasteiger partial charge in [0, 0.05) is 5.92 Å². The second kappa shape index (κ2) is 6.94. The number of carbonyl (C=O) groups excluding carboxylic acids is 1. The van der Waals surface area contributed by atoms with E-state index in [1.54, 1.807) is 0 Å². The van der Waals surface area contributed by atoms with E-state index in [9.17, 15) is 14.7 Å². The second-order valence-electron chi connectivity index (χ2n) is 6.04. The van der Waals surface area contributed by atoms with Crippen LogP contribution in [0.15, 0.2) is 48.5 Å². The van der Waals surface area contributed by atoms with Crippen molar-refractivity contribution in [3.63, 3.8) is 0 Å². The predicted molar refractivity (Wildman–Crippen MR) is 91.0 cm³/mol. The molecule has 6 heteroatoms. The number of nitrogens with one attached hydrogen (secondary N) is 1. The monoisotopic (exact) mass is 341 g/mol. The van der Waals surface area contributed by atoms with Gasteiger partial charge in [0.1, 0.15) is 12.8 Å². The first-order chi connectivity index (χ1) is 12.0. The number of hydrogen-bond donors (Lipinski definition) is 3. The van der Waals surface area contributed by atoms with Crippen molar-refractivity contribution >= 4 is 12.1 Å². The summed E-state index contributed by atoms with van der Waals surface area (Å²) >= 11 is 0. The van der Waals surface area contributed by atoms with Crippen LogP contribution < -0.4 is 5.32 Å². The summed E-state index contributed by atoms with van der Waals surface area (Å²) in [5.74, 6) is -2.42. The van der Waals surface area contributed by atoms with E-state index in [1.807, 2.05) is 48.5 Å². The fourth-order valence-electron chi connectivity index (χ4n) is 3.02. The minimum absolute atomic E-state index is 0.0906. The van der Waals surface area contributed by atoms with Gasteiger partial charge in [-0.3, -0.25) is 10.1 Å². The number of amides is 1. The van der Waals surface area contributed by atoms with Crippen LogP contribution in [0.4, 0.5) is 4.79 Å². The van der Waals surface area contributed by atoms with Gasteiger partial charge in [0.15, 0.2) is 0 Å². The van der Waals surface area contributed by atoms with Gasteiger partial charge in [-0.1, -0.05) is 48.5 Å². The number of benzene rings is 2. The predicted octanol–water partition coefficient (Wildman–Crippen LogP) is 2.56. The lowest BCUT2D eigenvalue weighted by Gasteiger charge is -2.18. The Labute approximate surface area is 145 Å². The fourth-order valence-corrected chi connectivity index (χ4v) is 3.02. The first-order valence-corrected chi connectivity index (χ1v) is 8.01. The summed E-state index contributed by atoms with van der Waals surface area (Å²) in [6.45, 7) is 1.41. The average molecular weight is 341 g/mol. The minimum Gasteiger partial charge on any atom is -0.481 e. The second-order valence-corrected chi connectivity index (χ2v) is 6.04. The van der Waals surface area contributed by atoms with E-state index in [2.05, 4.69) is 5.32 Å². The lowest BCUT2D eigenvalue weighted by Crippen LogP contribution is -2.42. The Balaban J connectivity index is 1.69. The molecule has 2 atom stereocenters. The Morgan fingerprint density at radius 3 is 2.12 bits per heavy atom. The molecule has 2 aromatic carbocycles. The lowest BCUT2D eigenvalue weighted by atomic mass is 9.98. The quantitative estimate of drug-likeness (QED) is 0.727. The zero-order chi connectivity index (χ0) is 18.0. The number of carboxylic acid groups (broad SMARTS) is 1. The molecule has 0 unspecified atom stereocenters. The molecule has 1 aliphatic carbocycles. The highest BCUT2D eigenvalue weighted by Crippen LogP contribution is 2.44. The molecule has 0 bridgehead atoms. The average Bonchev–Trinajstić information content (AvgIpc) is 2.93. The third kappa shape index (κ3) is 3.34. The molecule has 25 heavy (non-hydrogen) atoms. The van der Waals surface area contributed by atoms with Gasteiger partial charge in [0.25, 0.3) is 0 Å². The molecule has 0 saturated heterocycles. The number of hydrogen-bond acceptors (Lipinski definition) is 4. The van der Waals surface area contributed by atoms with Crippen molar-refractivity contribution in [2.45, 2.75) is 19.1 Å². The van der Waals surface area contributed by atoms with Crippen molar-refractivity contribution in [2.24, 2.45) is 5.92 Å². The van der Waals surface area contributed by atoms with Gasteiger partial charge >= 0.3 is 12.1 Å². The highest BCUT2D eigenvalue weighted by Gasteiger charge is 2.29. The SMILES string of the molecule is C[C@H](C(=O)O)[C@@H](O)NC(=O)OCC1c2ccccc2-c2ccccc21. The van der Waals surface area contributed by atoms with Gasteiger partial charge < -0.3 is 14.9 Å². The molecule has 130 valence electrons. The van der Waals surface area contributed by atoms with Crippen molar-refractivity contribution in [3.8, 4) is 11.1 Å². The molecule has 0 aromatic heterocycles. The smallest absolute Gasteiger partial charge is 0.409 e. The Kier molecular flexibility index (Phi) is 4.72. The van der Waals surface area contributed by atoms with E-state index in [0.29, 0.717) is 0 Å². The maximum Gasteiger partial charge on any atom is 0.409 e. The van der Waals surface area contributed by atoms with Gasteiger partial charge in [-0.25, -0.2) is 4.79 Å². The molecular formula is C19H19NO5. The number of ether oxygens (including phenoxy) is 1. The summed E-state index contributed by atoms with van der Waals surface area (Å²) in [4.78, 5) is 22.7. The van der Waals surface area contributed by atoms with Gasteiger partial charge in [0.05, 0.1) is 5.92 Å². The molecule has 0 saturated carbocycles.